The van der Waals surface area contributed by atoms with Crippen molar-refractivity contribution in [2.75, 3.05) is 11.5 Å². The highest BCUT2D eigenvalue weighted by Crippen LogP contribution is 2.40. The number of hydrogen-bond donors (Lipinski definition) is 0. The van der Waals surface area contributed by atoms with Crippen LogP contribution < -0.4 is 0 Å². The third-order valence-electron chi connectivity index (χ3n) is 4.61. The topological polar surface area (TPSA) is 66.8 Å². The first-order chi connectivity index (χ1) is 11.4. The predicted molar refractivity (Wildman–Crippen MR) is 96.0 cm³/mol. The lowest BCUT2D eigenvalue weighted by atomic mass is 10.1. The Kier molecular flexibility index (Phi) is 4.13. The number of amides is 1. The number of hydrogen-bond acceptors (Lipinski definition) is 4. The first-order valence-electron chi connectivity index (χ1n) is 7.92. The molecule has 1 aromatic carbocycles. The van der Waals surface area contributed by atoms with E-state index in [0.717, 1.165) is 18.4 Å². The summed E-state index contributed by atoms with van der Waals surface area (Å²) in [6.07, 6.45) is 1.82. The number of sulfone groups is 1. The second kappa shape index (κ2) is 6.04. The molecule has 5 nitrogen and oxygen atoms in total. The van der Waals surface area contributed by atoms with Gasteiger partial charge in [-0.1, -0.05) is 41.6 Å². The Balaban J connectivity index is 1.64. The summed E-state index contributed by atoms with van der Waals surface area (Å²) in [4.78, 5) is 18.4. The van der Waals surface area contributed by atoms with Crippen LogP contribution in [0, 0.1) is 5.92 Å². The van der Waals surface area contributed by atoms with Gasteiger partial charge in [0.2, 0.25) is 0 Å². The Morgan fingerprint density at radius 2 is 2.04 bits per heavy atom. The molecule has 0 bridgehead atoms. The van der Waals surface area contributed by atoms with Crippen LogP contribution in [0.25, 0.3) is 0 Å². The summed E-state index contributed by atoms with van der Waals surface area (Å²) in [5.41, 5.74) is 0.913. The van der Waals surface area contributed by atoms with Crippen LogP contribution in [0.5, 0.6) is 0 Å². The van der Waals surface area contributed by atoms with Crippen molar-refractivity contribution in [2.45, 2.75) is 30.7 Å². The molecule has 2 aliphatic heterocycles. The molecule has 8 heteroatoms. The Morgan fingerprint density at radius 3 is 2.75 bits per heavy atom. The predicted octanol–water partition coefficient (Wildman–Crippen LogP) is 2.35. The second-order valence-corrected chi connectivity index (χ2v) is 10.3. The molecule has 1 aliphatic carbocycles. The van der Waals surface area contributed by atoms with Crippen LogP contribution in [0.15, 0.2) is 29.3 Å². The molecule has 1 saturated carbocycles. The highest BCUT2D eigenvalue weighted by Gasteiger charge is 2.49. The van der Waals surface area contributed by atoms with E-state index < -0.39 is 9.84 Å². The van der Waals surface area contributed by atoms with Gasteiger partial charge in [-0.3, -0.25) is 4.79 Å². The fraction of sp³-hybridized carbons (Fsp3) is 0.500. The standard InChI is InChI=1S/C16H17ClN2O3S2/c17-12-4-2-1-3-11(12)7-19-13-8-24(21,22)9-14(13)23-16(19)18-15(20)10-5-6-10/h1-4,10,13-14H,5-9H2/t13-,14+/m1/s1. The van der Waals surface area contributed by atoms with Crippen LogP contribution in [0.3, 0.4) is 0 Å². The van der Waals surface area contributed by atoms with Gasteiger partial charge < -0.3 is 4.90 Å². The van der Waals surface area contributed by atoms with Crippen molar-refractivity contribution in [1.82, 2.24) is 4.90 Å². The lowest BCUT2D eigenvalue weighted by Crippen LogP contribution is -2.37. The molecular weight excluding hydrogens is 368 g/mol. The van der Waals surface area contributed by atoms with E-state index in [-0.39, 0.29) is 34.6 Å². The molecule has 2 atom stereocenters. The quantitative estimate of drug-likeness (QED) is 0.800. The molecule has 0 unspecified atom stereocenters. The van der Waals surface area contributed by atoms with E-state index in [9.17, 15) is 13.2 Å². The molecule has 3 aliphatic rings. The van der Waals surface area contributed by atoms with Crippen LogP contribution in [-0.4, -0.2) is 47.2 Å². The number of rotatable bonds is 3. The van der Waals surface area contributed by atoms with Crippen LogP contribution >= 0.6 is 23.4 Å². The molecule has 3 fully saturated rings. The summed E-state index contributed by atoms with van der Waals surface area (Å²) in [5, 5.41) is 1.24. The Hall–Kier alpha value is -1.05. The van der Waals surface area contributed by atoms with E-state index in [1.54, 1.807) is 0 Å². The summed E-state index contributed by atoms with van der Waals surface area (Å²) < 4.78 is 24.0. The van der Waals surface area contributed by atoms with Crippen molar-refractivity contribution in [1.29, 1.82) is 0 Å². The summed E-state index contributed by atoms with van der Waals surface area (Å²) in [6.45, 7) is 0.472. The summed E-state index contributed by atoms with van der Waals surface area (Å²) in [6, 6.07) is 7.36. The molecule has 0 aromatic heterocycles. The number of amidine groups is 1. The second-order valence-electron chi connectivity index (χ2n) is 6.53. The number of thioether (sulfide) groups is 1. The monoisotopic (exact) mass is 384 g/mol. The zero-order chi connectivity index (χ0) is 16.9. The van der Waals surface area contributed by atoms with Gasteiger partial charge in [0.1, 0.15) is 0 Å². The van der Waals surface area contributed by atoms with Crippen LogP contribution in [0.1, 0.15) is 18.4 Å². The highest BCUT2D eigenvalue weighted by molar-refractivity contribution is 8.15. The van der Waals surface area contributed by atoms with Crippen molar-refractivity contribution in [3.63, 3.8) is 0 Å². The van der Waals surface area contributed by atoms with Gasteiger partial charge in [0, 0.05) is 22.7 Å². The largest absolute Gasteiger partial charge is 0.342 e. The maximum atomic E-state index is 12.1. The molecule has 2 heterocycles. The molecular formula is C16H17ClN2O3S2. The average molecular weight is 385 g/mol. The van der Waals surface area contributed by atoms with E-state index in [0.29, 0.717) is 16.7 Å². The molecule has 0 spiro atoms. The number of nitrogens with zero attached hydrogens (tertiary/aromatic N) is 2. The molecule has 24 heavy (non-hydrogen) atoms. The lowest BCUT2D eigenvalue weighted by molar-refractivity contribution is -0.118. The Labute approximate surface area is 150 Å². The van der Waals surface area contributed by atoms with Gasteiger partial charge in [-0.05, 0) is 24.5 Å². The maximum Gasteiger partial charge on any atom is 0.251 e. The minimum absolute atomic E-state index is 0.0526. The zero-order valence-corrected chi connectivity index (χ0v) is 15.3. The SMILES string of the molecule is O=C(N=C1S[C@H]2CS(=O)(=O)C[C@H]2N1Cc1ccccc1Cl)C1CC1. The van der Waals surface area contributed by atoms with Gasteiger partial charge in [0.25, 0.3) is 5.91 Å². The fourth-order valence-electron chi connectivity index (χ4n) is 3.15. The van der Waals surface area contributed by atoms with Crippen LogP contribution in [-0.2, 0) is 21.2 Å². The smallest absolute Gasteiger partial charge is 0.251 e. The van der Waals surface area contributed by atoms with Crippen LogP contribution in [0.4, 0.5) is 0 Å². The Morgan fingerprint density at radius 1 is 1.29 bits per heavy atom. The third-order valence-corrected chi connectivity index (χ3v) is 8.22. The van der Waals surface area contributed by atoms with Gasteiger partial charge in [-0.25, -0.2) is 8.42 Å². The normalized spacial score (nSPS) is 29.9. The summed E-state index contributed by atoms with van der Waals surface area (Å²) >= 11 is 7.68. The number of halogens is 1. The zero-order valence-electron chi connectivity index (χ0n) is 12.9. The van der Waals surface area contributed by atoms with Crippen molar-refractivity contribution in [3.05, 3.63) is 34.9 Å². The molecule has 128 valence electrons. The number of carbonyl (C=O) groups excluding carboxylic acids is 1. The number of fused-ring (bicyclic) bond motifs is 1. The summed E-state index contributed by atoms with van der Waals surface area (Å²) in [5.74, 6) is 0.248. The lowest BCUT2D eigenvalue weighted by Gasteiger charge is -2.24. The van der Waals surface area contributed by atoms with Crippen molar-refractivity contribution >= 4 is 44.3 Å². The van der Waals surface area contributed by atoms with E-state index in [1.807, 2.05) is 29.2 Å². The minimum atomic E-state index is -3.03. The van der Waals surface area contributed by atoms with Gasteiger partial charge >= 0.3 is 0 Å². The third kappa shape index (κ3) is 3.21. The summed E-state index contributed by atoms with van der Waals surface area (Å²) in [7, 11) is -3.03. The molecule has 1 amide bonds. The molecule has 1 aromatic rings. The Bertz CT molecular complexity index is 820. The van der Waals surface area contributed by atoms with Gasteiger partial charge in [-0.15, -0.1) is 0 Å². The first kappa shape index (κ1) is 16.4. The van der Waals surface area contributed by atoms with Crippen molar-refractivity contribution in [3.8, 4) is 0 Å². The van der Waals surface area contributed by atoms with E-state index in [1.165, 1.54) is 11.8 Å². The molecule has 0 radical (unpaired) electrons. The van der Waals surface area contributed by atoms with E-state index in [4.69, 9.17) is 11.6 Å². The van der Waals surface area contributed by atoms with Crippen molar-refractivity contribution in [2.24, 2.45) is 10.9 Å². The minimum Gasteiger partial charge on any atom is -0.342 e. The number of benzene rings is 1. The number of aliphatic imine (C=N–C) groups is 1. The average Bonchev–Trinajstić information content (AvgIpc) is 3.26. The van der Waals surface area contributed by atoms with Gasteiger partial charge in [0.15, 0.2) is 15.0 Å². The fourth-order valence-corrected chi connectivity index (χ4v) is 7.30. The van der Waals surface area contributed by atoms with E-state index >= 15 is 0 Å². The van der Waals surface area contributed by atoms with Crippen LogP contribution in [0.2, 0.25) is 5.02 Å². The molecule has 0 N–H and O–H groups in total. The van der Waals surface area contributed by atoms with Gasteiger partial charge in [0.05, 0.1) is 17.5 Å². The number of carbonyl (C=O) groups is 1. The van der Waals surface area contributed by atoms with E-state index in [2.05, 4.69) is 4.99 Å². The van der Waals surface area contributed by atoms with Gasteiger partial charge in [-0.2, -0.15) is 4.99 Å². The first-order valence-corrected chi connectivity index (χ1v) is 11.0. The van der Waals surface area contributed by atoms with Crippen molar-refractivity contribution < 1.29 is 13.2 Å². The molecule has 2 saturated heterocycles. The molecule has 4 rings (SSSR count). The maximum absolute atomic E-state index is 12.1. The highest BCUT2D eigenvalue weighted by atomic mass is 35.5.